The van der Waals surface area contributed by atoms with Gasteiger partial charge in [-0.1, -0.05) is 26.2 Å². The molecule has 0 bridgehead atoms. The lowest BCUT2D eigenvalue weighted by Gasteiger charge is -2.18. The fourth-order valence-electron chi connectivity index (χ4n) is 2.29. The fourth-order valence-corrected chi connectivity index (χ4v) is 2.29. The van der Waals surface area contributed by atoms with Gasteiger partial charge >= 0.3 is 0 Å². The summed E-state index contributed by atoms with van der Waals surface area (Å²) < 4.78 is 0. The van der Waals surface area contributed by atoms with Crippen molar-refractivity contribution in [2.24, 2.45) is 5.73 Å². The molecule has 0 unspecified atom stereocenters. The van der Waals surface area contributed by atoms with Gasteiger partial charge in [0, 0.05) is 6.04 Å². The van der Waals surface area contributed by atoms with Gasteiger partial charge in [0.2, 0.25) is 11.8 Å². The molecular formula is C15H30N4O3. The van der Waals surface area contributed by atoms with E-state index in [2.05, 4.69) is 22.9 Å². The molecular weight excluding hydrogens is 284 g/mol. The topological polar surface area (TPSA) is 113 Å². The van der Waals surface area contributed by atoms with Crippen LogP contribution < -0.4 is 21.7 Å². The second kappa shape index (κ2) is 13.2. The van der Waals surface area contributed by atoms with Crippen molar-refractivity contribution in [1.29, 1.82) is 0 Å². The average Bonchev–Trinajstić information content (AvgIpc) is 2.47. The largest absolute Gasteiger partial charge is 0.369 e. The maximum absolute atomic E-state index is 11.4. The third kappa shape index (κ3) is 11.2. The lowest BCUT2D eigenvalue weighted by Crippen LogP contribution is -2.40. The first kappa shape index (κ1) is 20.5. The quantitative estimate of drug-likeness (QED) is 0.259. The highest BCUT2D eigenvalue weighted by atomic mass is 16.2. The van der Waals surface area contributed by atoms with Crippen LogP contribution in [0.5, 0.6) is 0 Å². The second-order valence-electron chi connectivity index (χ2n) is 5.46. The number of carbonyl (C=O) groups is 3. The van der Waals surface area contributed by atoms with E-state index in [1.807, 2.05) is 0 Å². The van der Waals surface area contributed by atoms with Crippen LogP contribution in [0.2, 0.25) is 0 Å². The van der Waals surface area contributed by atoms with Crippen molar-refractivity contribution in [2.75, 3.05) is 20.1 Å². The standard InChI is InChI=1S/C15H30N4O3/c1-3-6-12(18-9-14(16)21)7-4-5-8-13(11-20)19-15(22)10-17-2/h11-13,17-18H,3-10H2,1-2H3,(H2,16,21)(H,19,22)/t12-,13+/m1/s1. The number of hydrogen-bond donors (Lipinski definition) is 4. The molecule has 7 nitrogen and oxygen atoms in total. The summed E-state index contributed by atoms with van der Waals surface area (Å²) in [4.78, 5) is 33.2. The average molecular weight is 314 g/mol. The van der Waals surface area contributed by atoms with E-state index in [0.29, 0.717) is 6.42 Å². The molecule has 0 aromatic heterocycles. The van der Waals surface area contributed by atoms with Crippen molar-refractivity contribution in [3.05, 3.63) is 0 Å². The van der Waals surface area contributed by atoms with E-state index in [1.165, 1.54) is 0 Å². The molecule has 0 radical (unpaired) electrons. The maximum Gasteiger partial charge on any atom is 0.234 e. The van der Waals surface area contributed by atoms with Crippen LogP contribution in [-0.4, -0.2) is 50.3 Å². The summed E-state index contributed by atoms with van der Waals surface area (Å²) in [5.74, 6) is -0.527. The number of nitrogens with one attached hydrogen (secondary N) is 3. The molecule has 0 aliphatic heterocycles. The monoisotopic (exact) mass is 314 g/mol. The molecule has 22 heavy (non-hydrogen) atoms. The Morgan fingerprint density at radius 1 is 1.14 bits per heavy atom. The zero-order chi connectivity index (χ0) is 16.8. The highest BCUT2D eigenvalue weighted by Crippen LogP contribution is 2.09. The smallest absolute Gasteiger partial charge is 0.234 e. The van der Waals surface area contributed by atoms with Gasteiger partial charge < -0.3 is 26.5 Å². The Balaban J connectivity index is 3.95. The van der Waals surface area contributed by atoms with Gasteiger partial charge in [-0.15, -0.1) is 0 Å². The summed E-state index contributed by atoms with van der Waals surface area (Å²) in [6.07, 6.45) is 6.15. The molecule has 0 saturated carbocycles. The van der Waals surface area contributed by atoms with E-state index in [4.69, 9.17) is 5.73 Å². The molecule has 2 atom stereocenters. The lowest BCUT2D eigenvalue weighted by atomic mass is 10.0. The number of carbonyl (C=O) groups excluding carboxylic acids is 3. The highest BCUT2D eigenvalue weighted by Gasteiger charge is 2.12. The van der Waals surface area contributed by atoms with Crippen LogP contribution in [-0.2, 0) is 14.4 Å². The summed E-state index contributed by atoms with van der Waals surface area (Å²) >= 11 is 0. The van der Waals surface area contributed by atoms with Gasteiger partial charge in [0.05, 0.1) is 19.1 Å². The predicted octanol–water partition coefficient (Wildman–Crippen LogP) is -0.306. The molecule has 0 heterocycles. The number of aldehydes is 1. The van der Waals surface area contributed by atoms with E-state index >= 15 is 0 Å². The predicted molar refractivity (Wildman–Crippen MR) is 86.3 cm³/mol. The van der Waals surface area contributed by atoms with Crippen molar-refractivity contribution in [2.45, 2.75) is 57.5 Å². The Morgan fingerprint density at radius 3 is 2.36 bits per heavy atom. The number of likely N-dealkylation sites (N-methyl/N-ethyl adjacent to an activating group) is 1. The Morgan fingerprint density at radius 2 is 1.82 bits per heavy atom. The van der Waals surface area contributed by atoms with Crippen molar-refractivity contribution >= 4 is 18.1 Å². The maximum atomic E-state index is 11.4. The SMILES string of the molecule is CCC[C@H](CCCC[C@@H](C=O)NC(=O)CNC)NCC(N)=O. The van der Waals surface area contributed by atoms with Gasteiger partial charge in [-0.2, -0.15) is 0 Å². The van der Waals surface area contributed by atoms with Gasteiger partial charge in [-0.05, 0) is 26.3 Å². The normalized spacial score (nSPS) is 13.4. The summed E-state index contributed by atoms with van der Waals surface area (Å²) in [6.45, 7) is 2.50. The molecule has 2 amide bonds. The molecule has 5 N–H and O–H groups in total. The number of rotatable bonds is 14. The molecule has 0 fully saturated rings. The van der Waals surface area contributed by atoms with Crippen LogP contribution in [0.4, 0.5) is 0 Å². The summed E-state index contributed by atoms with van der Waals surface area (Å²) in [6, 6.07) is -0.157. The Hall–Kier alpha value is -1.47. The van der Waals surface area contributed by atoms with Crippen molar-refractivity contribution < 1.29 is 14.4 Å². The number of nitrogens with two attached hydrogens (primary N) is 1. The third-order valence-electron chi connectivity index (χ3n) is 3.37. The van der Waals surface area contributed by atoms with E-state index in [1.54, 1.807) is 7.05 Å². The molecule has 0 aliphatic rings. The summed E-state index contributed by atoms with van der Waals surface area (Å²) in [5.41, 5.74) is 5.13. The van der Waals surface area contributed by atoms with E-state index in [9.17, 15) is 14.4 Å². The molecule has 0 aliphatic carbocycles. The van der Waals surface area contributed by atoms with Gasteiger partial charge in [0.25, 0.3) is 0 Å². The molecule has 0 saturated heterocycles. The number of amides is 2. The minimum Gasteiger partial charge on any atom is -0.369 e. The molecule has 7 heteroatoms. The number of hydrogen-bond acceptors (Lipinski definition) is 5. The number of unbranched alkanes of at least 4 members (excludes halogenated alkanes) is 1. The van der Waals surface area contributed by atoms with Crippen LogP contribution in [0, 0.1) is 0 Å². The molecule has 0 rings (SSSR count). The van der Waals surface area contributed by atoms with Gasteiger partial charge in [-0.3, -0.25) is 9.59 Å². The van der Waals surface area contributed by atoms with Crippen LogP contribution in [0.1, 0.15) is 45.4 Å². The van der Waals surface area contributed by atoms with E-state index in [-0.39, 0.29) is 30.9 Å². The second-order valence-corrected chi connectivity index (χ2v) is 5.46. The van der Waals surface area contributed by atoms with Crippen LogP contribution in [0.15, 0.2) is 0 Å². The molecule has 0 spiro atoms. The van der Waals surface area contributed by atoms with Gasteiger partial charge in [-0.25, -0.2) is 0 Å². The van der Waals surface area contributed by atoms with Gasteiger partial charge in [0.1, 0.15) is 6.29 Å². The van der Waals surface area contributed by atoms with Crippen LogP contribution >= 0.6 is 0 Å². The first-order valence-corrected chi connectivity index (χ1v) is 7.94. The highest BCUT2D eigenvalue weighted by molar-refractivity contribution is 5.81. The minimum absolute atomic E-state index is 0.174. The number of primary amides is 1. The van der Waals surface area contributed by atoms with Gasteiger partial charge in [0.15, 0.2) is 0 Å². The zero-order valence-electron chi connectivity index (χ0n) is 13.7. The van der Waals surface area contributed by atoms with E-state index in [0.717, 1.165) is 38.4 Å². The van der Waals surface area contributed by atoms with Crippen molar-refractivity contribution in [1.82, 2.24) is 16.0 Å². The Labute approximate surface area is 132 Å². The summed E-state index contributed by atoms with van der Waals surface area (Å²) in [7, 11) is 1.68. The third-order valence-corrected chi connectivity index (χ3v) is 3.37. The molecule has 0 aromatic carbocycles. The van der Waals surface area contributed by atoms with Crippen molar-refractivity contribution in [3.63, 3.8) is 0 Å². The summed E-state index contributed by atoms with van der Waals surface area (Å²) in [5, 5.41) is 8.57. The lowest BCUT2D eigenvalue weighted by molar-refractivity contribution is -0.123. The first-order valence-electron chi connectivity index (χ1n) is 7.94. The van der Waals surface area contributed by atoms with E-state index < -0.39 is 6.04 Å². The Bertz CT molecular complexity index is 337. The molecule has 0 aromatic rings. The first-order chi connectivity index (χ1) is 10.5. The minimum atomic E-state index is -0.427. The van der Waals surface area contributed by atoms with Crippen molar-refractivity contribution in [3.8, 4) is 0 Å². The Kier molecular flexibility index (Phi) is 12.3. The fraction of sp³-hybridized carbons (Fsp3) is 0.800. The zero-order valence-corrected chi connectivity index (χ0v) is 13.7. The van der Waals surface area contributed by atoms with Crippen LogP contribution in [0.25, 0.3) is 0 Å². The molecule has 128 valence electrons. The van der Waals surface area contributed by atoms with Crippen LogP contribution in [0.3, 0.4) is 0 Å².